The van der Waals surface area contributed by atoms with Crippen LogP contribution in [0.5, 0.6) is 0 Å². The zero-order valence-corrected chi connectivity index (χ0v) is 39.2. The lowest BCUT2D eigenvalue weighted by Gasteiger charge is -2.51. The minimum atomic E-state index is -3.20. The third kappa shape index (κ3) is 12.9. The van der Waals surface area contributed by atoms with Crippen LogP contribution in [0.15, 0.2) is 0 Å². The lowest BCUT2D eigenvalue weighted by molar-refractivity contribution is -0.408. The van der Waals surface area contributed by atoms with Crippen molar-refractivity contribution in [3.63, 3.8) is 0 Å². The Labute approximate surface area is 417 Å². The smallest absolute Gasteiger partial charge is 0.364 e. The number of nitrogens with one attached hydrogen (secondary N) is 2. The molecule has 5 rings (SSSR count). The van der Waals surface area contributed by atoms with Gasteiger partial charge in [0.1, 0.15) is 110 Å². The van der Waals surface area contributed by atoms with Gasteiger partial charge in [-0.25, -0.2) is 9.59 Å². The van der Waals surface area contributed by atoms with Crippen molar-refractivity contribution in [3.05, 3.63) is 0 Å². The SMILES string of the molecule is CC(=O)N[C@H]1[C@H]([C@H](O)[C@H](O)CO)O[C@@](O[C@H]2[C@@H](O)[C@@H](CO)OC(O[C@@H]3O[C@H](CO)[C@@H](O[C@@H]4O[C@H](CO)[C@H](O)[C@H](O[C@]5(C(=O)O)C[C@H](O)[C@@H](NC(C)=O)[C@H]([C@H](O)[C@H](O)CO)O5)[C@H]4O)[C@H](O)[C@H]3O)[C@@H]2O)(C(=O)O)C[C@@H]1O. The Morgan fingerprint density at radius 3 is 1.20 bits per heavy atom. The molecule has 5 fully saturated rings. The number of ether oxygens (including phenoxy) is 9. The summed E-state index contributed by atoms with van der Waals surface area (Å²) >= 11 is 0. The highest BCUT2D eigenvalue weighted by molar-refractivity contribution is 5.77. The number of hydrogen-bond acceptors (Lipinski definition) is 30. The van der Waals surface area contributed by atoms with Crippen LogP contribution >= 0.6 is 0 Å². The average Bonchev–Trinajstić information content (AvgIpc) is 3.35. The number of hydrogen-bond donors (Lipinski definition) is 21. The number of carbonyl (C=O) groups excluding carboxylic acids is 2. The van der Waals surface area contributed by atoms with Crippen LogP contribution in [0.25, 0.3) is 0 Å². The van der Waals surface area contributed by atoms with Gasteiger partial charge in [0.15, 0.2) is 18.9 Å². The minimum absolute atomic E-state index is 0.829. The molecule has 74 heavy (non-hydrogen) atoms. The van der Waals surface area contributed by atoms with E-state index in [1.807, 2.05) is 0 Å². The van der Waals surface area contributed by atoms with Crippen molar-refractivity contribution in [1.29, 1.82) is 0 Å². The molecule has 5 heterocycles. The largest absolute Gasteiger partial charge is 0.477 e. The normalized spacial score (nSPS) is 44.6. The van der Waals surface area contributed by atoms with E-state index in [2.05, 4.69) is 10.6 Å². The van der Waals surface area contributed by atoms with Gasteiger partial charge in [-0.15, -0.1) is 0 Å². The fraction of sp³-hybridized carbons (Fsp3) is 0.900. The molecule has 5 aliphatic heterocycles. The fourth-order valence-electron chi connectivity index (χ4n) is 9.17. The van der Waals surface area contributed by atoms with Crippen molar-refractivity contribution in [2.24, 2.45) is 0 Å². The second kappa shape index (κ2) is 25.5. The van der Waals surface area contributed by atoms with Gasteiger partial charge in [0.2, 0.25) is 11.8 Å². The van der Waals surface area contributed by atoms with E-state index in [1.165, 1.54) is 0 Å². The van der Waals surface area contributed by atoms with Crippen LogP contribution in [-0.4, -0.2) is 318 Å². The number of carboxylic acids is 2. The molecule has 0 aliphatic carbocycles. The Hall–Kier alpha value is -3.16. The molecule has 34 heteroatoms. The monoisotopic (exact) mass is 1090 g/mol. The summed E-state index contributed by atoms with van der Waals surface area (Å²) in [4.78, 5) is 49.7. The number of amides is 2. The molecule has 0 aromatic heterocycles. The summed E-state index contributed by atoms with van der Waals surface area (Å²) in [5.41, 5.74) is 0. The molecular formula is C40H66N2O32. The Morgan fingerprint density at radius 1 is 0.514 bits per heavy atom. The Kier molecular flexibility index (Phi) is 21.3. The maximum absolute atomic E-state index is 12.9. The van der Waals surface area contributed by atoms with E-state index in [4.69, 9.17) is 42.6 Å². The lowest BCUT2D eigenvalue weighted by Crippen LogP contribution is -2.71. The van der Waals surface area contributed by atoms with E-state index in [9.17, 15) is 116 Å². The zero-order chi connectivity index (χ0) is 55.5. The first-order valence-corrected chi connectivity index (χ1v) is 22.9. The van der Waals surface area contributed by atoms with Gasteiger partial charge < -0.3 is 150 Å². The van der Waals surface area contributed by atoms with Gasteiger partial charge in [-0.1, -0.05) is 0 Å². The van der Waals surface area contributed by atoms with Crippen molar-refractivity contribution in [2.75, 3.05) is 33.0 Å². The highest BCUT2D eigenvalue weighted by Gasteiger charge is 2.62. The van der Waals surface area contributed by atoms with Crippen molar-refractivity contribution in [3.8, 4) is 0 Å². The molecule has 428 valence electrons. The standard InChI is InChI=1S/C40H66N2O32/c1-10(48)41-19-12(50)3-39(37(62)63,71-30(19)21(54)14(52)5-43)73-32-23(56)16(7-45)66-35(27(32)60)69-29-18(9-47)68-34(26(59)25(29)58)70-36-28(61)33(24(57)17(8-46)67-36)74-40(38(64)65)4-13(51)20(42-11(2)49)31(72-40)22(55)15(53)6-44/h12-36,43-47,50-61H,3-9H2,1-2H3,(H,41,48)(H,42,49)(H,62,63)(H,64,65)/t12-,13-,14+,15+,16+,17+,18+,19+,20+,21+,22+,23-,24-,25+,26+,27+,28+,29+,30+,31+,32-,33-,34-,35-,36?,39-,40-/m0/s1. The van der Waals surface area contributed by atoms with Crippen LogP contribution in [0.1, 0.15) is 26.7 Å². The molecule has 0 aromatic rings. The van der Waals surface area contributed by atoms with Crippen molar-refractivity contribution in [1.82, 2.24) is 10.6 Å². The first-order valence-electron chi connectivity index (χ1n) is 22.9. The summed E-state index contributed by atoms with van der Waals surface area (Å²) in [7, 11) is 0. The van der Waals surface area contributed by atoms with Crippen LogP contribution in [0.2, 0.25) is 0 Å². The zero-order valence-electron chi connectivity index (χ0n) is 39.2. The second-order valence-corrected chi connectivity index (χ2v) is 18.3. The quantitative estimate of drug-likeness (QED) is 0.0507. The van der Waals surface area contributed by atoms with E-state index < -0.39 is 234 Å². The van der Waals surface area contributed by atoms with Gasteiger partial charge in [-0.05, 0) is 0 Å². The average molecular weight is 1090 g/mol. The Bertz CT molecular complexity index is 1880. The molecule has 27 atom stereocenters. The van der Waals surface area contributed by atoms with Crippen LogP contribution in [0.3, 0.4) is 0 Å². The molecule has 0 saturated carbocycles. The molecule has 0 bridgehead atoms. The third-order valence-corrected chi connectivity index (χ3v) is 13.0. The van der Waals surface area contributed by atoms with Crippen molar-refractivity contribution >= 4 is 23.8 Å². The van der Waals surface area contributed by atoms with E-state index >= 15 is 0 Å². The maximum Gasteiger partial charge on any atom is 0.364 e. The summed E-state index contributed by atoms with van der Waals surface area (Å²) in [5, 5.41) is 207. The van der Waals surface area contributed by atoms with Gasteiger partial charge in [-0.2, -0.15) is 0 Å². The summed E-state index contributed by atoms with van der Waals surface area (Å²) in [6.07, 6.45) is -52.1. The number of rotatable bonds is 21. The molecule has 0 spiro atoms. The summed E-state index contributed by atoms with van der Waals surface area (Å²) in [6.45, 7) is -3.76. The Morgan fingerprint density at radius 2 is 0.865 bits per heavy atom. The van der Waals surface area contributed by atoms with Gasteiger partial charge >= 0.3 is 11.9 Å². The van der Waals surface area contributed by atoms with Crippen molar-refractivity contribution in [2.45, 2.75) is 191 Å². The molecule has 0 radical (unpaired) electrons. The molecular weight excluding hydrogens is 1020 g/mol. The third-order valence-electron chi connectivity index (χ3n) is 13.0. The van der Waals surface area contributed by atoms with Crippen LogP contribution < -0.4 is 10.6 Å². The van der Waals surface area contributed by atoms with E-state index in [-0.39, 0.29) is 0 Å². The number of carboxylic acid groups (broad SMARTS) is 2. The molecule has 1 unspecified atom stereocenters. The summed E-state index contributed by atoms with van der Waals surface area (Å²) < 4.78 is 50.1. The first kappa shape index (κ1) is 61.7. The van der Waals surface area contributed by atoms with E-state index in [0.717, 1.165) is 13.8 Å². The maximum atomic E-state index is 12.9. The number of carbonyl (C=O) groups is 4. The molecule has 2 amide bonds. The minimum Gasteiger partial charge on any atom is -0.477 e. The first-order chi connectivity index (χ1) is 34.7. The lowest BCUT2D eigenvalue weighted by atomic mass is 9.88. The predicted molar refractivity (Wildman–Crippen MR) is 224 cm³/mol. The molecule has 0 aromatic carbocycles. The fourth-order valence-corrected chi connectivity index (χ4v) is 9.17. The van der Waals surface area contributed by atoms with Crippen LogP contribution in [-0.2, 0) is 61.8 Å². The van der Waals surface area contributed by atoms with E-state index in [0.29, 0.717) is 0 Å². The molecule has 5 aliphatic rings. The number of aliphatic carboxylic acids is 2. The highest BCUT2D eigenvalue weighted by Crippen LogP contribution is 2.41. The second-order valence-electron chi connectivity index (χ2n) is 18.3. The van der Waals surface area contributed by atoms with E-state index in [1.54, 1.807) is 0 Å². The van der Waals surface area contributed by atoms with Crippen LogP contribution in [0, 0.1) is 0 Å². The highest BCUT2D eigenvalue weighted by atomic mass is 16.8. The topological polar surface area (TPSA) is 560 Å². The van der Waals surface area contributed by atoms with Gasteiger partial charge in [-0.3, -0.25) is 9.59 Å². The van der Waals surface area contributed by atoms with Crippen molar-refractivity contribution < 1.29 is 159 Å². The summed E-state index contributed by atoms with van der Waals surface area (Å²) in [6, 6.07) is -3.33. The molecule has 5 saturated heterocycles. The van der Waals surface area contributed by atoms with Gasteiger partial charge in [0.05, 0.1) is 57.3 Å². The van der Waals surface area contributed by atoms with Gasteiger partial charge in [0.25, 0.3) is 11.6 Å². The number of aliphatic hydroxyl groups excluding tert-OH is 17. The van der Waals surface area contributed by atoms with Crippen LogP contribution in [0.4, 0.5) is 0 Å². The molecule has 34 nitrogen and oxygen atoms in total. The number of aliphatic hydroxyl groups is 17. The van der Waals surface area contributed by atoms with Gasteiger partial charge in [0, 0.05) is 26.7 Å². The Balaban J connectivity index is 1.37. The predicted octanol–water partition coefficient (Wildman–Crippen LogP) is -13.2. The summed E-state index contributed by atoms with van der Waals surface area (Å²) in [5.74, 6) is -12.2. The molecule has 21 N–H and O–H groups in total.